The number of carbonyl (C=O) groups excluding carboxylic acids is 2. The standard InChI is InChI=1S/C28H24ClN3O3/c1-20(22-10-4-2-5-11-22)35-28(34)26(23-12-6-3-7-13-23)27(33)32(25-14-8-9-17-30-25)19-21-15-16-24(29)31-18-21/h2-18,20,26H,19H2,1H3. The number of esters is 1. The van der Waals surface area contributed by atoms with Gasteiger partial charge in [0.25, 0.3) is 0 Å². The highest BCUT2D eigenvalue weighted by Crippen LogP contribution is 2.27. The average molecular weight is 486 g/mol. The summed E-state index contributed by atoms with van der Waals surface area (Å²) in [6, 6.07) is 27.0. The third-order valence-electron chi connectivity index (χ3n) is 5.50. The van der Waals surface area contributed by atoms with E-state index in [0.717, 1.165) is 11.1 Å². The first-order valence-electron chi connectivity index (χ1n) is 11.2. The van der Waals surface area contributed by atoms with E-state index in [-0.39, 0.29) is 6.54 Å². The molecule has 0 bridgehead atoms. The molecular weight excluding hydrogens is 462 g/mol. The molecule has 0 aliphatic heterocycles. The molecule has 2 aromatic heterocycles. The summed E-state index contributed by atoms with van der Waals surface area (Å²) in [6.45, 7) is 1.94. The van der Waals surface area contributed by atoms with E-state index in [0.29, 0.717) is 16.5 Å². The van der Waals surface area contributed by atoms with Gasteiger partial charge in [-0.05, 0) is 41.8 Å². The first-order chi connectivity index (χ1) is 17.0. The van der Waals surface area contributed by atoms with Gasteiger partial charge in [0, 0.05) is 12.4 Å². The fourth-order valence-corrected chi connectivity index (χ4v) is 3.79. The predicted octanol–water partition coefficient (Wildman–Crippen LogP) is 5.75. The number of hydrogen-bond donors (Lipinski definition) is 0. The van der Waals surface area contributed by atoms with Crippen molar-refractivity contribution in [3.63, 3.8) is 0 Å². The number of benzene rings is 2. The van der Waals surface area contributed by atoms with Gasteiger partial charge in [0.05, 0.1) is 6.54 Å². The highest BCUT2D eigenvalue weighted by Gasteiger charge is 2.36. The molecule has 35 heavy (non-hydrogen) atoms. The van der Waals surface area contributed by atoms with E-state index in [1.165, 1.54) is 4.90 Å². The number of anilines is 1. The molecule has 0 spiro atoms. The fraction of sp³-hybridized carbons (Fsp3) is 0.143. The molecule has 2 heterocycles. The number of hydrogen-bond acceptors (Lipinski definition) is 5. The smallest absolute Gasteiger partial charge is 0.323 e. The molecule has 7 heteroatoms. The van der Waals surface area contributed by atoms with Crippen molar-refractivity contribution >= 4 is 29.3 Å². The Morgan fingerprint density at radius 1 is 0.857 bits per heavy atom. The zero-order chi connectivity index (χ0) is 24.6. The molecule has 0 aliphatic carbocycles. The Hall–Kier alpha value is -4.03. The summed E-state index contributed by atoms with van der Waals surface area (Å²) >= 11 is 5.93. The number of aromatic nitrogens is 2. The van der Waals surface area contributed by atoms with Gasteiger partial charge < -0.3 is 4.74 Å². The van der Waals surface area contributed by atoms with Crippen LogP contribution >= 0.6 is 11.6 Å². The minimum absolute atomic E-state index is 0.158. The van der Waals surface area contributed by atoms with Crippen LogP contribution in [0.1, 0.15) is 35.6 Å². The third kappa shape index (κ3) is 6.11. The Labute approximate surface area is 209 Å². The molecule has 176 valence electrons. The van der Waals surface area contributed by atoms with Gasteiger partial charge in [-0.2, -0.15) is 0 Å². The lowest BCUT2D eigenvalue weighted by Gasteiger charge is -2.27. The Morgan fingerprint density at radius 2 is 1.51 bits per heavy atom. The molecule has 0 fully saturated rings. The molecule has 4 rings (SSSR count). The Balaban J connectivity index is 1.68. The topological polar surface area (TPSA) is 72.4 Å². The quantitative estimate of drug-likeness (QED) is 0.180. The second-order valence-electron chi connectivity index (χ2n) is 7.93. The van der Waals surface area contributed by atoms with Crippen molar-refractivity contribution in [2.75, 3.05) is 4.90 Å². The van der Waals surface area contributed by atoms with Crippen molar-refractivity contribution in [2.24, 2.45) is 0 Å². The molecule has 2 atom stereocenters. The maximum atomic E-state index is 14.0. The summed E-state index contributed by atoms with van der Waals surface area (Å²) in [5.74, 6) is -1.84. The van der Waals surface area contributed by atoms with E-state index in [1.54, 1.807) is 73.9 Å². The van der Waals surface area contributed by atoms with Gasteiger partial charge in [0.2, 0.25) is 5.91 Å². The highest BCUT2D eigenvalue weighted by molar-refractivity contribution is 6.29. The van der Waals surface area contributed by atoms with Gasteiger partial charge in [-0.3, -0.25) is 14.5 Å². The number of rotatable bonds is 8. The molecule has 0 saturated carbocycles. The lowest BCUT2D eigenvalue weighted by molar-refractivity contribution is -0.152. The van der Waals surface area contributed by atoms with Crippen molar-refractivity contribution in [2.45, 2.75) is 25.5 Å². The molecule has 2 aromatic carbocycles. The second-order valence-corrected chi connectivity index (χ2v) is 8.32. The van der Waals surface area contributed by atoms with Crippen molar-refractivity contribution in [1.82, 2.24) is 9.97 Å². The van der Waals surface area contributed by atoms with Crippen LogP contribution in [0.15, 0.2) is 103 Å². The minimum Gasteiger partial charge on any atom is -0.457 e. The van der Waals surface area contributed by atoms with Crippen LogP contribution in [-0.2, 0) is 20.9 Å². The third-order valence-corrected chi connectivity index (χ3v) is 5.72. The summed E-state index contributed by atoms with van der Waals surface area (Å²) < 4.78 is 5.79. The minimum atomic E-state index is -1.18. The van der Waals surface area contributed by atoms with Gasteiger partial charge in [-0.15, -0.1) is 0 Å². The van der Waals surface area contributed by atoms with Crippen LogP contribution in [0, 0.1) is 0 Å². The summed E-state index contributed by atoms with van der Waals surface area (Å²) in [4.78, 5) is 37.4. The molecule has 0 radical (unpaired) electrons. The Bertz CT molecular complexity index is 1250. The van der Waals surface area contributed by atoms with Gasteiger partial charge in [-0.1, -0.05) is 84.4 Å². The summed E-state index contributed by atoms with van der Waals surface area (Å²) in [5, 5.41) is 0.352. The van der Waals surface area contributed by atoms with Crippen LogP contribution < -0.4 is 4.90 Å². The maximum Gasteiger partial charge on any atom is 0.323 e. The zero-order valence-electron chi connectivity index (χ0n) is 19.1. The van der Waals surface area contributed by atoms with Gasteiger partial charge in [0.15, 0.2) is 5.92 Å². The van der Waals surface area contributed by atoms with Gasteiger partial charge in [0.1, 0.15) is 17.1 Å². The molecule has 1 amide bonds. The summed E-state index contributed by atoms with van der Waals surface area (Å²) in [5.41, 5.74) is 2.12. The van der Waals surface area contributed by atoms with Crippen LogP contribution in [-0.4, -0.2) is 21.8 Å². The van der Waals surface area contributed by atoms with E-state index >= 15 is 0 Å². The molecule has 6 nitrogen and oxygen atoms in total. The molecule has 4 aromatic rings. The Kier molecular flexibility index (Phi) is 7.85. The normalized spacial score (nSPS) is 12.4. The zero-order valence-corrected chi connectivity index (χ0v) is 19.9. The summed E-state index contributed by atoms with van der Waals surface area (Å²) in [6.07, 6.45) is 2.67. The van der Waals surface area contributed by atoms with Crippen LogP contribution in [0.3, 0.4) is 0 Å². The second kappa shape index (κ2) is 11.4. The first-order valence-corrected chi connectivity index (χ1v) is 11.5. The van der Waals surface area contributed by atoms with Crippen molar-refractivity contribution in [3.05, 3.63) is 125 Å². The average Bonchev–Trinajstić information content (AvgIpc) is 2.90. The molecular formula is C28H24ClN3O3. The van der Waals surface area contributed by atoms with Gasteiger partial charge >= 0.3 is 5.97 Å². The number of amides is 1. The van der Waals surface area contributed by atoms with Crippen LogP contribution in [0.4, 0.5) is 5.82 Å². The van der Waals surface area contributed by atoms with Crippen molar-refractivity contribution < 1.29 is 14.3 Å². The number of halogens is 1. The van der Waals surface area contributed by atoms with E-state index < -0.39 is 23.9 Å². The number of ether oxygens (including phenoxy) is 1. The first kappa shape index (κ1) is 24.1. The van der Waals surface area contributed by atoms with Crippen LogP contribution in [0.25, 0.3) is 0 Å². The molecule has 0 saturated heterocycles. The molecule has 0 aliphatic rings. The summed E-state index contributed by atoms with van der Waals surface area (Å²) in [7, 11) is 0. The largest absolute Gasteiger partial charge is 0.457 e. The van der Waals surface area contributed by atoms with Gasteiger partial charge in [-0.25, -0.2) is 9.97 Å². The predicted molar refractivity (Wildman–Crippen MR) is 135 cm³/mol. The molecule has 0 N–H and O–H groups in total. The van der Waals surface area contributed by atoms with E-state index in [2.05, 4.69) is 9.97 Å². The monoisotopic (exact) mass is 485 g/mol. The number of carbonyl (C=O) groups is 2. The van der Waals surface area contributed by atoms with E-state index in [9.17, 15) is 9.59 Å². The lowest BCUT2D eigenvalue weighted by atomic mass is 9.97. The molecule has 2 unspecified atom stereocenters. The maximum absolute atomic E-state index is 14.0. The number of nitrogens with zero attached hydrogens (tertiary/aromatic N) is 3. The fourth-order valence-electron chi connectivity index (χ4n) is 3.68. The lowest BCUT2D eigenvalue weighted by Crippen LogP contribution is -2.39. The highest BCUT2D eigenvalue weighted by atomic mass is 35.5. The number of pyridine rings is 2. The van der Waals surface area contributed by atoms with Crippen molar-refractivity contribution in [3.8, 4) is 0 Å². The van der Waals surface area contributed by atoms with E-state index in [1.807, 2.05) is 36.4 Å². The van der Waals surface area contributed by atoms with Crippen LogP contribution in [0.2, 0.25) is 5.15 Å². The van der Waals surface area contributed by atoms with Crippen molar-refractivity contribution in [1.29, 1.82) is 0 Å². The Morgan fingerprint density at radius 3 is 2.11 bits per heavy atom. The van der Waals surface area contributed by atoms with Crippen LogP contribution in [0.5, 0.6) is 0 Å². The van der Waals surface area contributed by atoms with E-state index in [4.69, 9.17) is 16.3 Å². The SMILES string of the molecule is CC(OC(=O)C(C(=O)N(Cc1ccc(Cl)nc1)c1ccccn1)c1ccccc1)c1ccccc1.